The lowest BCUT2D eigenvalue weighted by Gasteiger charge is -2.11. The predicted molar refractivity (Wildman–Crippen MR) is 73.0 cm³/mol. The molecule has 0 aliphatic heterocycles. The van der Waals surface area contributed by atoms with Gasteiger partial charge in [-0.25, -0.2) is 0 Å². The van der Waals surface area contributed by atoms with Gasteiger partial charge in [0.2, 0.25) is 0 Å². The van der Waals surface area contributed by atoms with Crippen LogP contribution in [-0.2, 0) is 6.54 Å². The Morgan fingerprint density at radius 2 is 1.83 bits per heavy atom. The van der Waals surface area contributed by atoms with Gasteiger partial charge in [0.15, 0.2) is 0 Å². The van der Waals surface area contributed by atoms with Crippen molar-refractivity contribution in [1.29, 1.82) is 0 Å². The minimum atomic E-state index is 0.768. The average molecular weight is 242 g/mol. The van der Waals surface area contributed by atoms with Crippen LogP contribution in [0.25, 0.3) is 0 Å². The summed E-state index contributed by atoms with van der Waals surface area (Å²) in [5.74, 6) is 1.69. The van der Waals surface area contributed by atoms with E-state index in [1.807, 2.05) is 51.2 Å². The number of hydrogen-bond acceptors (Lipinski definition) is 3. The van der Waals surface area contributed by atoms with Crippen LogP contribution in [0.1, 0.15) is 16.8 Å². The maximum Gasteiger partial charge on any atom is 0.145 e. The molecular formula is C15H18N2O. The Balaban J connectivity index is 2.18. The van der Waals surface area contributed by atoms with E-state index >= 15 is 0 Å². The second kappa shape index (κ2) is 5.65. The molecule has 0 saturated carbocycles. The first-order valence-electron chi connectivity index (χ1n) is 6.04. The zero-order valence-corrected chi connectivity index (χ0v) is 11.0. The monoisotopic (exact) mass is 242 g/mol. The van der Waals surface area contributed by atoms with Crippen LogP contribution in [0.2, 0.25) is 0 Å². The van der Waals surface area contributed by atoms with Gasteiger partial charge in [0, 0.05) is 6.54 Å². The van der Waals surface area contributed by atoms with Crippen LogP contribution in [0.15, 0.2) is 36.5 Å². The fourth-order valence-corrected chi connectivity index (χ4v) is 1.83. The van der Waals surface area contributed by atoms with Crippen molar-refractivity contribution >= 4 is 0 Å². The van der Waals surface area contributed by atoms with Gasteiger partial charge < -0.3 is 10.1 Å². The topological polar surface area (TPSA) is 34.1 Å². The molecule has 1 N–H and O–H groups in total. The van der Waals surface area contributed by atoms with Gasteiger partial charge in [-0.2, -0.15) is 0 Å². The summed E-state index contributed by atoms with van der Waals surface area (Å²) >= 11 is 0. The fraction of sp³-hybridized carbons (Fsp3) is 0.267. The Morgan fingerprint density at radius 3 is 2.39 bits per heavy atom. The summed E-state index contributed by atoms with van der Waals surface area (Å²) in [5.41, 5.74) is 3.27. The van der Waals surface area contributed by atoms with Gasteiger partial charge in [0.05, 0.1) is 11.9 Å². The molecule has 18 heavy (non-hydrogen) atoms. The van der Waals surface area contributed by atoms with E-state index in [4.69, 9.17) is 4.74 Å². The summed E-state index contributed by atoms with van der Waals surface area (Å²) in [6.07, 6.45) is 1.76. The molecule has 2 aromatic rings. The summed E-state index contributed by atoms with van der Waals surface area (Å²) in [6.45, 7) is 4.86. The largest absolute Gasteiger partial charge is 0.455 e. The molecule has 0 bridgehead atoms. The molecule has 1 aromatic heterocycles. The van der Waals surface area contributed by atoms with E-state index in [2.05, 4.69) is 10.3 Å². The zero-order chi connectivity index (χ0) is 13.0. The third-order valence-corrected chi connectivity index (χ3v) is 2.78. The van der Waals surface area contributed by atoms with Crippen LogP contribution in [0.5, 0.6) is 11.5 Å². The third kappa shape index (κ3) is 2.87. The van der Waals surface area contributed by atoms with Gasteiger partial charge in [-0.15, -0.1) is 0 Å². The van der Waals surface area contributed by atoms with Crippen LogP contribution in [0, 0.1) is 13.8 Å². The second-order valence-corrected chi connectivity index (χ2v) is 4.34. The molecule has 0 atom stereocenters. The first-order valence-corrected chi connectivity index (χ1v) is 6.04. The molecule has 0 amide bonds. The lowest BCUT2D eigenvalue weighted by Crippen LogP contribution is -2.06. The first-order chi connectivity index (χ1) is 8.70. The van der Waals surface area contributed by atoms with Crippen molar-refractivity contribution in [3.63, 3.8) is 0 Å². The number of nitrogens with one attached hydrogen (secondary N) is 1. The van der Waals surface area contributed by atoms with Crippen LogP contribution < -0.4 is 10.1 Å². The number of hydrogen-bond donors (Lipinski definition) is 1. The highest BCUT2D eigenvalue weighted by Crippen LogP contribution is 2.27. The summed E-state index contributed by atoms with van der Waals surface area (Å²) in [4.78, 5) is 4.34. The Labute approximate surface area is 108 Å². The maximum atomic E-state index is 5.89. The van der Waals surface area contributed by atoms with E-state index in [-0.39, 0.29) is 0 Å². The standard InChI is InChI=1S/C15H18N2O/c1-11-5-4-6-12(2)15(11)18-14-8-7-13(9-16-3)17-10-14/h4-8,10,16H,9H2,1-3H3. The molecule has 2 rings (SSSR count). The second-order valence-electron chi connectivity index (χ2n) is 4.34. The summed E-state index contributed by atoms with van der Waals surface area (Å²) in [5, 5.41) is 3.07. The molecule has 0 fully saturated rings. The van der Waals surface area contributed by atoms with E-state index in [0.29, 0.717) is 0 Å². The number of aromatic nitrogens is 1. The van der Waals surface area contributed by atoms with E-state index in [0.717, 1.165) is 34.9 Å². The summed E-state index contributed by atoms with van der Waals surface area (Å²) in [7, 11) is 1.91. The lowest BCUT2D eigenvalue weighted by molar-refractivity contribution is 0.472. The van der Waals surface area contributed by atoms with Gasteiger partial charge in [-0.3, -0.25) is 4.98 Å². The molecular weight excluding hydrogens is 224 g/mol. The lowest BCUT2D eigenvalue weighted by atomic mass is 10.1. The van der Waals surface area contributed by atoms with Gasteiger partial charge >= 0.3 is 0 Å². The molecule has 3 nitrogen and oxygen atoms in total. The molecule has 94 valence electrons. The summed E-state index contributed by atoms with van der Waals surface area (Å²) in [6, 6.07) is 10.0. The molecule has 0 spiro atoms. The molecule has 0 radical (unpaired) electrons. The Bertz CT molecular complexity index is 500. The van der Waals surface area contributed by atoms with E-state index in [1.165, 1.54) is 0 Å². The number of ether oxygens (including phenoxy) is 1. The van der Waals surface area contributed by atoms with Crippen LogP contribution >= 0.6 is 0 Å². The van der Waals surface area contributed by atoms with Gasteiger partial charge in [0.1, 0.15) is 11.5 Å². The molecule has 1 aromatic carbocycles. The van der Waals surface area contributed by atoms with Gasteiger partial charge in [-0.05, 0) is 44.2 Å². The molecule has 1 heterocycles. The maximum absolute atomic E-state index is 5.89. The normalized spacial score (nSPS) is 10.4. The highest BCUT2D eigenvalue weighted by atomic mass is 16.5. The molecule has 0 unspecified atom stereocenters. The highest BCUT2D eigenvalue weighted by Gasteiger charge is 2.05. The fourth-order valence-electron chi connectivity index (χ4n) is 1.83. The van der Waals surface area contributed by atoms with Crippen molar-refractivity contribution in [3.05, 3.63) is 53.3 Å². The average Bonchev–Trinajstić information content (AvgIpc) is 2.36. The molecule has 3 heteroatoms. The van der Waals surface area contributed by atoms with Crippen molar-refractivity contribution in [2.24, 2.45) is 0 Å². The smallest absolute Gasteiger partial charge is 0.145 e. The zero-order valence-electron chi connectivity index (χ0n) is 11.0. The van der Waals surface area contributed by atoms with Crippen molar-refractivity contribution in [3.8, 4) is 11.5 Å². The van der Waals surface area contributed by atoms with Gasteiger partial charge in [-0.1, -0.05) is 18.2 Å². The number of rotatable bonds is 4. The molecule has 0 aliphatic carbocycles. The Kier molecular flexibility index (Phi) is 3.95. The van der Waals surface area contributed by atoms with Crippen molar-refractivity contribution < 1.29 is 4.74 Å². The highest BCUT2D eigenvalue weighted by molar-refractivity contribution is 5.42. The minimum Gasteiger partial charge on any atom is -0.455 e. The number of nitrogens with zero attached hydrogens (tertiary/aromatic N) is 1. The minimum absolute atomic E-state index is 0.768. The first kappa shape index (κ1) is 12.6. The van der Waals surface area contributed by atoms with Crippen LogP contribution in [0.3, 0.4) is 0 Å². The van der Waals surface area contributed by atoms with E-state index < -0.39 is 0 Å². The Hall–Kier alpha value is -1.87. The summed E-state index contributed by atoms with van der Waals surface area (Å²) < 4.78 is 5.89. The van der Waals surface area contributed by atoms with Crippen LogP contribution in [0.4, 0.5) is 0 Å². The van der Waals surface area contributed by atoms with Gasteiger partial charge in [0.25, 0.3) is 0 Å². The molecule has 0 saturated heterocycles. The third-order valence-electron chi connectivity index (χ3n) is 2.78. The quantitative estimate of drug-likeness (QED) is 0.894. The van der Waals surface area contributed by atoms with E-state index in [9.17, 15) is 0 Å². The number of pyridine rings is 1. The van der Waals surface area contributed by atoms with Crippen molar-refractivity contribution in [1.82, 2.24) is 10.3 Å². The van der Waals surface area contributed by atoms with E-state index in [1.54, 1.807) is 6.20 Å². The number of benzene rings is 1. The number of aryl methyl sites for hydroxylation is 2. The number of para-hydroxylation sites is 1. The van der Waals surface area contributed by atoms with Crippen molar-refractivity contribution in [2.45, 2.75) is 20.4 Å². The Morgan fingerprint density at radius 1 is 1.11 bits per heavy atom. The van der Waals surface area contributed by atoms with Crippen molar-refractivity contribution in [2.75, 3.05) is 7.05 Å². The SMILES string of the molecule is CNCc1ccc(Oc2c(C)cccc2C)cn1. The predicted octanol–water partition coefficient (Wildman–Crippen LogP) is 3.21. The molecule has 0 aliphatic rings. The van der Waals surface area contributed by atoms with Crippen LogP contribution in [-0.4, -0.2) is 12.0 Å².